The zero-order chi connectivity index (χ0) is 18.3. The quantitative estimate of drug-likeness (QED) is 0.867. The summed E-state index contributed by atoms with van der Waals surface area (Å²) in [5, 5.41) is 3.08. The molecule has 6 nitrogen and oxygen atoms in total. The lowest BCUT2D eigenvalue weighted by Crippen LogP contribution is -2.54. The summed E-state index contributed by atoms with van der Waals surface area (Å²) in [6, 6.07) is 8.62. The van der Waals surface area contributed by atoms with Gasteiger partial charge in [0.1, 0.15) is 6.10 Å². The predicted octanol–water partition coefficient (Wildman–Crippen LogP) is 2.56. The fourth-order valence-corrected chi connectivity index (χ4v) is 5.04. The van der Waals surface area contributed by atoms with Crippen molar-refractivity contribution in [1.29, 1.82) is 0 Å². The normalized spacial score (nSPS) is 28.0. The van der Waals surface area contributed by atoms with Gasteiger partial charge in [0.15, 0.2) is 5.79 Å². The van der Waals surface area contributed by atoms with Crippen molar-refractivity contribution in [3.8, 4) is 0 Å². The average Bonchev–Trinajstić information content (AvgIpc) is 3.06. The van der Waals surface area contributed by atoms with Crippen LogP contribution < -0.4 is 5.32 Å². The summed E-state index contributed by atoms with van der Waals surface area (Å²) >= 11 is 0. The van der Waals surface area contributed by atoms with E-state index >= 15 is 0 Å². The molecule has 3 aliphatic heterocycles. The van der Waals surface area contributed by atoms with Gasteiger partial charge in [0.05, 0.1) is 19.8 Å². The number of hydrogen-bond donors (Lipinski definition) is 1. The number of carbonyl (C=O) groups excluding carboxylic acids is 1. The SMILES string of the molecule is O=C(NCC1COC2(CCOCC2)O1)N1Cc2ccccc2C2(CCC2)C1. The molecule has 5 rings (SSSR count). The summed E-state index contributed by atoms with van der Waals surface area (Å²) in [5.74, 6) is -0.492. The van der Waals surface area contributed by atoms with Crippen LogP contribution in [0, 0.1) is 0 Å². The third kappa shape index (κ3) is 3.13. The lowest BCUT2D eigenvalue weighted by Gasteiger charge is -2.50. The zero-order valence-corrected chi connectivity index (χ0v) is 15.7. The Morgan fingerprint density at radius 3 is 2.78 bits per heavy atom. The summed E-state index contributed by atoms with van der Waals surface area (Å²) < 4.78 is 17.4. The maximum atomic E-state index is 12.9. The van der Waals surface area contributed by atoms with E-state index < -0.39 is 5.79 Å². The van der Waals surface area contributed by atoms with Crippen molar-refractivity contribution in [3.63, 3.8) is 0 Å². The Kier molecular flexibility index (Phi) is 4.37. The number of rotatable bonds is 2. The van der Waals surface area contributed by atoms with Crippen molar-refractivity contribution in [2.24, 2.45) is 0 Å². The number of amides is 2. The minimum Gasteiger partial charge on any atom is -0.381 e. The van der Waals surface area contributed by atoms with Gasteiger partial charge < -0.3 is 24.4 Å². The molecule has 1 atom stereocenters. The molecule has 6 heteroatoms. The monoisotopic (exact) mass is 372 g/mol. The molecule has 1 unspecified atom stereocenters. The molecule has 3 heterocycles. The van der Waals surface area contributed by atoms with Gasteiger partial charge in [-0.25, -0.2) is 4.79 Å². The second kappa shape index (κ2) is 6.76. The lowest BCUT2D eigenvalue weighted by atomic mass is 9.61. The lowest BCUT2D eigenvalue weighted by molar-refractivity contribution is -0.210. The molecule has 2 spiro atoms. The Hall–Kier alpha value is -1.63. The van der Waals surface area contributed by atoms with Crippen molar-refractivity contribution in [2.45, 2.75) is 56.0 Å². The molecule has 0 aromatic heterocycles. The van der Waals surface area contributed by atoms with E-state index in [0.717, 1.165) is 19.4 Å². The molecule has 3 fully saturated rings. The molecule has 4 aliphatic rings. The van der Waals surface area contributed by atoms with E-state index in [4.69, 9.17) is 14.2 Å². The first-order valence-corrected chi connectivity index (χ1v) is 10.2. The third-order valence-electron chi connectivity index (χ3n) is 6.69. The number of fused-ring (bicyclic) bond motifs is 2. The van der Waals surface area contributed by atoms with Crippen LogP contribution in [-0.4, -0.2) is 55.7 Å². The number of ether oxygens (including phenoxy) is 3. The molecule has 27 heavy (non-hydrogen) atoms. The van der Waals surface area contributed by atoms with Crippen LogP contribution in [0.4, 0.5) is 4.79 Å². The molecule has 0 radical (unpaired) electrons. The first-order chi connectivity index (χ1) is 13.2. The van der Waals surface area contributed by atoms with Gasteiger partial charge in [-0.3, -0.25) is 0 Å². The fraction of sp³-hybridized carbons (Fsp3) is 0.667. The molecule has 1 aromatic rings. The summed E-state index contributed by atoms with van der Waals surface area (Å²) in [4.78, 5) is 14.8. The van der Waals surface area contributed by atoms with Gasteiger partial charge in [-0.05, 0) is 24.0 Å². The Balaban J connectivity index is 1.20. The molecule has 1 aromatic carbocycles. The van der Waals surface area contributed by atoms with Crippen LogP contribution in [0.25, 0.3) is 0 Å². The summed E-state index contributed by atoms with van der Waals surface area (Å²) in [5.41, 5.74) is 2.92. The third-order valence-corrected chi connectivity index (χ3v) is 6.69. The van der Waals surface area contributed by atoms with E-state index in [9.17, 15) is 4.79 Å². The van der Waals surface area contributed by atoms with Crippen LogP contribution in [0.15, 0.2) is 24.3 Å². The number of benzene rings is 1. The van der Waals surface area contributed by atoms with E-state index in [1.165, 1.54) is 30.4 Å². The van der Waals surface area contributed by atoms with E-state index in [1.54, 1.807) is 0 Å². The van der Waals surface area contributed by atoms with Crippen LogP contribution in [0.3, 0.4) is 0 Å². The highest BCUT2D eigenvalue weighted by molar-refractivity contribution is 5.75. The van der Waals surface area contributed by atoms with Crippen LogP contribution >= 0.6 is 0 Å². The molecule has 146 valence electrons. The van der Waals surface area contributed by atoms with Crippen LogP contribution in [-0.2, 0) is 26.2 Å². The molecular formula is C21H28N2O4. The van der Waals surface area contributed by atoms with Gasteiger partial charge >= 0.3 is 6.03 Å². The van der Waals surface area contributed by atoms with Crippen molar-refractivity contribution < 1.29 is 19.0 Å². The predicted molar refractivity (Wildman–Crippen MR) is 99.4 cm³/mol. The van der Waals surface area contributed by atoms with Crippen molar-refractivity contribution in [2.75, 3.05) is 32.9 Å². The smallest absolute Gasteiger partial charge is 0.317 e. The minimum atomic E-state index is -0.492. The number of nitrogens with zero attached hydrogens (tertiary/aromatic N) is 1. The van der Waals surface area contributed by atoms with Gasteiger partial charge in [-0.15, -0.1) is 0 Å². The Bertz CT molecular complexity index is 712. The van der Waals surface area contributed by atoms with Crippen molar-refractivity contribution >= 4 is 6.03 Å². The molecular weight excluding hydrogens is 344 g/mol. The molecule has 1 saturated carbocycles. The first-order valence-electron chi connectivity index (χ1n) is 10.2. The van der Waals surface area contributed by atoms with E-state index in [-0.39, 0.29) is 17.6 Å². The van der Waals surface area contributed by atoms with Crippen LogP contribution in [0.1, 0.15) is 43.2 Å². The molecule has 1 N–H and O–H groups in total. The summed E-state index contributed by atoms with van der Waals surface area (Å²) in [7, 11) is 0. The van der Waals surface area contributed by atoms with Gasteiger partial charge in [0.25, 0.3) is 0 Å². The molecule has 0 bridgehead atoms. The first kappa shape index (κ1) is 17.5. The number of hydrogen-bond acceptors (Lipinski definition) is 4. The number of carbonyl (C=O) groups is 1. The second-order valence-corrected chi connectivity index (χ2v) is 8.41. The van der Waals surface area contributed by atoms with Gasteiger partial charge in [0, 0.05) is 37.9 Å². The molecule has 2 saturated heterocycles. The van der Waals surface area contributed by atoms with Gasteiger partial charge in [-0.2, -0.15) is 0 Å². The van der Waals surface area contributed by atoms with Crippen LogP contribution in [0.2, 0.25) is 0 Å². The standard InChI is InChI=1S/C21H28N2O4/c24-19(22-12-17-14-26-21(27-17)8-10-25-11-9-21)23-13-16-4-1-2-5-18(16)20(15-23)6-3-7-20/h1-2,4-5,17H,3,6-15H2,(H,22,24). The summed E-state index contributed by atoms with van der Waals surface area (Å²) in [6.07, 6.45) is 5.06. The highest BCUT2D eigenvalue weighted by atomic mass is 16.7. The Morgan fingerprint density at radius 1 is 1.19 bits per heavy atom. The number of urea groups is 1. The molecule has 2 amide bonds. The van der Waals surface area contributed by atoms with E-state index in [2.05, 4.69) is 29.6 Å². The summed E-state index contributed by atoms with van der Waals surface area (Å²) in [6.45, 7) is 3.88. The van der Waals surface area contributed by atoms with Crippen LogP contribution in [0.5, 0.6) is 0 Å². The zero-order valence-electron chi connectivity index (χ0n) is 15.7. The maximum Gasteiger partial charge on any atom is 0.317 e. The van der Waals surface area contributed by atoms with Gasteiger partial charge in [-0.1, -0.05) is 30.7 Å². The molecule has 1 aliphatic carbocycles. The van der Waals surface area contributed by atoms with Crippen molar-refractivity contribution in [3.05, 3.63) is 35.4 Å². The topological polar surface area (TPSA) is 60.0 Å². The Labute approximate surface area is 160 Å². The second-order valence-electron chi connectivity index (χ2n) is 8.41. The average molecular weight is 372 g/mol. The fourth-order valence-electron chi connectivity index (χ4n) is 5.04. The number of nitrogens with one attached hydrogen (secondary N) is 1. The Morgan fingerprint density at radius 2 is 2.00 bits per heavy atom. The van der Waals surface area contributed by atoms with E-state index in [1.807, 2.05) is 4.90 Å². The maximum absolute atomic E-state index is 12.9. The van der Waals surface area contributed by atoms with E-state index in [0.29, 0.717) is 32.9 Å². The highest BCUT2D eigenvalue weighted by Crippen LogP contribution is 2.48. The largest absolute Gasteiger partial charge is 0.381 e. The van der Waals surface area contributed by atoms with Crippen molar-refractivity contribution in [1.82, 2.24) is 10.2 Å². The minimum absolute atomic E-state index is 0.00676. The van der Waals surface area contributed by atoms with Gasteiger partial charge in [0.2, 0.25) is 0 Å². The highest BCUT2D eigenvalue weighted by Gasteiger charge is 2.46.